The van der Waals surface area contributed by atoms with Crippen LogP contribution >= 0.6 is 15.9 Å². The molecule has 0 saturated heterocycles. The van der Waals surface area contributed by atoms with Crippen molar-refractivity contribution in [1.29, 1.82) is 0 Å². The third kappa shape index (κ3) is 4.69. The van der Waals surface area contributed by atoms with Crippen LogP contribution in [0.1, 0.15) is 26.3 Å². The summed E-state index contributed by atoms with van der Waals surface area (Å²) in [6.45, 7) is 5.33. The number of carbonyl (C=O) groups excluding carboxylic acids is 1. The number of ether oxygens (including phenoxy) is 1. The highest BCUT2D eigenvalue weighted by atomic mass is 79.9. The van der Waals surface area contributed by atoms with Crippen molar-refractivity contribution in [2.75, 3.05) is 0 Å². The Bertz CT molecular complexity index is 427. The Balaban J connectivity index is 2.81. The van der Waals surface area contributed by atoms with Crippen LogP contribution in [0.15, 0.2) is 28.7 Å². The van der Waals surface area contributed by atoms with E-state index in [1.807, 2.05) is 0 Å². The molecule has 0 saturated carbocycles. The molecule has 0 unspecified atom stereocenters. The van der Waals surface area contributed by atoms with Crippen molar-refractivity contribution in [2.45, 2.75) is 26.4 Å². The quantitative estimate of drug-likeness (QED) is 0.611. The summed E-state index contributed by atoms with van der Waals surface area (Å²) >= 11 is 3.22. The van der Waals surface area contributed by atoms with E-state index in [9.17, 15) is 9.18 Å². The fourth-order valence-electron chi connectivity index (χ4n) is 1.16. The van der Waals surface area contributed by atoms with Crippen molar-refractivity contribution in [3.8, 4) is 0 Å². The van der Waals surface area contributed by atoms with Crippen LogP contribution in [0.25, 0.3) is 6.08 Å². The third-order valence-corrected chi connectivity index (χ3v) is 2.48. The fraction of sp³-hybridized carbons (Fsp3) is 0.308. The van der Waals surface area contributed by atoms with E-state index < -0.39 is 11.6 Å². The molecule has 0 spiro atoms. The molecule has 0 fully saturated rings. The highest BCUT2D eigenvalue weighted by Crippen LogP contribution is 2.21. The van der Waals surface area contributed by atoms with Crippen molar-refractivity contribution in [3.63, 3.8) is 0 Å². The lowest BCUT2D eigenvalue weighted by Crippen LogP contribution is -2.22. The SMILES string of the molecule is CC(C)(C)OC(=O)/C=C/c1c(F)cccc1Br. The Labute approximate surface area is 109 Å². The highest BCUT2D eigenvalue weighted by Gasteiger charge is 2.14. The zero-order chi connectivity index (χ0) is 13.1. The average Bonchev–Trinajstić information content (AvgIpc) is 2.14. The van der Waals surface area contributed by atoms with Gasteiger partial charge in [-0.1, -0.05) is 22.0 Å². The number of benzene rings is 1. The summed E-state index contributed by atoms with van der Waals surface area (Å²) in [6.07, 6.45) is 2.61. The van der Waals surface area contributed by atoms with Crippen LogP contribution in [-0.4, -0.2) is 11.6 Å². The molecule has 4 heteroatoms. The molecule has 92 valence electrons. The van der Waals surface area contributed by atoms with Gasteiger partial charge in [0.1, 0.15) is 11.4 Å². The minimum atomic E-state index is -0.548. The molecule has 1 aromatic carbocycles. The molecule has 0 N–H and O–H groups in total. The van der Waals surface area contributed by atoms with Crippen LogP contribution < -0.4 is 0 Å². The predicted molar refractivity (Wildman–Crippen MR) is 69.0 cm³/mol. The van der Waals surface area contributed by atoms with Gasteiger partial charge in [-0.25, -0.2) is 9.18 Å². The Kier molecular flexibility index (Phi) is 4.46. The molecular weight excluding hydrogens is 287 g/mol. The summed E-state index contributed by atoms with van der Waals surface area (Å²) in [5, 5.41) is 0. The first kappa shape index (κ1) is 13.9. The normalized spacial score (nSPS) is 11.8. The summed E-state index contributed by atoms with van der Waals surface area (Å²) in [7, 11) is 0. The van der Waals surface area contributed by atoms with Crippen LogP contribution in [0.5, 0.6) is 0 Å². The Hall–Kier alpha value is -1.16. The van der Waals surface area contributed by atoms with Crippen molar-refractivity contribution in [3.05, 3.63) is 40.1 Å². The summed E-state index contributed by atoms with van der Waals surface area (Å²) in [5.41, 5.74) is -0.216. The van der Waals surface area contributed by atoms with Gasteiger partial charge in [0, 0.05) is 16.1 Å². The summed E-state index contributed by atoms with van der Waals surface area (Å²) < 4.78 is 19.1. The molecule has 0 aliphatic rings. The summed E-state index contributed by atoms with van der Waals surface area (Å²) in [5.74, 6) is -0.883. The molecular formula is C13H14BrFO2. The van der Waals surface area contributed by atoms with E-state index in [4.69, 9.17) is 4.74 Å². The number of carbonyl (C=O) groups is 1. The number of rotatable bonds is 2. The third-order valence-electron chi connectivity index (χ3n) is 1.79. The van der Waals surface area contributed by atoms with Gasteiger partial charge >= 0.3 is 5.97 Å². The molecule has 0 aliphatic carbocycles. The van der Waals surface area contributed by atoms with E-state index in [-0.39, 0.29) is 5.82 Å². The fourth-order valence-corrected chi connectivity index (χ4v) is 1.63. The second kappa shape index (κ2) is 5.45. The molecule has 0 atom stereocenters. The minimum Gasteiger partial charge on any atom is -0.457 e. The average molecular weight is 301 g/mol. The van der Waals surface area contributed by atoms with E-state index in [0.717, 1.165) is 0 Å². The van der Waals surface area contributed by atoms with Gasteiger partial charge in [0.15, 0.2) is 0 Å². The van der Waals surface area contributed by atoms with Crippen LogP contribution in [-0.2, 0) is 9.53 Å². The Morgan fingerprint density at radius 2 is 2.06 bits per heavy atom. The largest absolute Gasteiger partial charge is 0.457 e. The molecule has 0 heterocycles. The molecule has 17 heavy (non-hydrogen) atoms. The van der Waals surface area contributed by atoms with E-state index in [1.54, 1.807) is 32.9 Å². The number of hydrogen-bond acceptors (Lipinski definition) is 2. The van der Waals surface area contributed by atoms with Crippen LogP contribution in [0.4, 0.5) is 4.39 Å². The van der Waals surface area contributed by atoms with Gasteiger partial charge in [-0.05, 0) is 39.0 Å². The van der Waals surface area contributed by atoms with Gasteiger partial charge in [0.05, 0.1) is 0 Å². The molecule has 0 aromatic heterocycles. The van der Waals surface area contributed by atoms with E-state index in [2.05, 4.69) is 15.9 Å². The molecule has 0 radical (unpaired) electrons. The van der Waals surface area contributed by atoms with Crippen LogP contribution in [0, 0.1) is 5.82 Å². The number of halogens is 2. The maximum Gasteiger partial charge on any atom is 0.331 e. The standard InChI is InChI=1S/C13H14BrFO2/c1-13(2,3)17-12(16)8-7-9-10(14)5-4-6-11(9)15/h4-8H,1-3H3/b8-7+. The minimum absolute atomic E-state index is 0.332. The molecule has 0 aliphatic heterocycles. The van der Waals surface area contributed by atoms with E-state index >= 15 is 0 Å². The van der Waals surface area contributed by atoms with Crippen LogP contribution in [0.2, 0.25) is 0 Å². The first-order valence-corrected chi connectivity index (χ1v) is 5.94. The van der Waals surface area contributed by atoms with E-state index in [0.29, 0.717) is 10.0 Å². The molecule has 0 amide bonds. The van der Waals surface area contributed by atoms with Gasteiger partial charge in [-0.3, -0.25) is 0 Å². The summed E-state index contributed by atoms with van der Waals surface area (Å²) in [4.78, 5) is 11.4. The van der Waals surface area contributed by atoms with E-state index in [1.165, 1.54) is 18.2 Å². The van der Waals surface area contributed by atoms with Gasteiger partial charge in [-0.2, -0.15) is 0 Å². The molecule has 2 nitrogen and oxygen atoms in total. The van der Waals surface area contributed by atoms with Gasteiger partial charge in [-0.15, -0.1) is 0 Å². The zero-order valence-corrected chi connectivity index (χ0v) is 11.5. The maximum absolute atomic E-state index is 13.4. The van der Waals surface area contributed by atoms with Crippen LogP contribution in [0.3, 0.4) is 0 Å². The van der Waals surface area contributed by atoms with Gasteiger partial charge in [0.2, 0.25) is 0 Å². The van der Waals surface area contributed by atoms with Crippen molar-refractivity contribution >= 4 is 28.0 Å². The van der Waals surface area contributed by atoms with Gasteiger partial charge in [0.25, 0.3) is 0 Å². The number of hydrogen-bond donors (Lipinski definition) is 0. The second-order valence-corrected chi connectivity index (χ2v) is 5.36. The predicted octanol–water partition coefficient (Wildman–Crippen LogP) is 3.94. The topological polar surface area (TPSA) is 26.3 Å². The molecule has 1 aromatic rings. The lowest BCUT2D eigenvalue weighted by atomic mass is 10.2. The highest BCUT2D eigenvalue weighted by molar-refractivity contribution is 9.10. The zero-order valence-electron chi connectivity index (χ0n) is 9.96. The Morgan fingerprint density at radius 3 is 2.59 bits per heavy atom. The van der Waals surface area contributed by atoms with Crippen molar-refractivity contribution in [2.24, 2.45) is 0 Å². The second-order valence-electron chi connectivity index (χ2n) is 4.50. The lowest BCUT2D eigenvalue weighted by molar-refractivity contribution is -0.148. The monoisotopic (exact) mass is 300 g/mol. The summed E-state index contributed by atoms with van der Waals surface area (Å²) in [6, 6.07) is 4.63. The van der Waals surface area contributed by atoms with Gasteiger partial charge < -0.3 is 4.74 Å². The smallest absolute Gasteiger partial charge is 0.331 e. The lowest BCUT2D eigenvalue weighted by Gasteiger charge is -2.17. The van der Waals surface area contributed by atoms with Crippen molar-refractivity contribution < 1.29 is 13.9 Å². The molecule has 0 bridgehead atoms. The first-order chi connectivity index (χ1) is 7.79. The van der Waals surface area contributed by atoms with Crippen molar-refractivity contribution in [1.82, 2.24) is 0 Å². The number of esters is 1. The Morgan fingerprint density at radius 1 is 1.41 bits per heavy atom. The maximum atomic E-state index is 13.4. The molecule has 1 rings (SSSR count). The first-order valence-electron chi connectivity index (χ1n) is 5.15.